The molecule has 0 spiro atoms. The summed E-state index contributed by atoms with van der Waals surface area (Å²) in [6.45, 7) is 3.51. The van der Waals surface area contributed by atoms with Gasteiger partial charge in [-0.3, -0.25) is 0 Å². The molecular weight excluding hydrogens is 269 g/mol. The van der Waals surface area contributed by atoms with Gasteiger partial charge in [0.1, 0.15) is 5.82 Å². The van der Waals surface area contributed by atoms with E-state index in [2.05, 4.69) is 10.3 Å². The van der Waals surface area contributed by atoms with E-state index in [-0.39, 0.29) is 5.82 Å². The second-order valence-corrected chi connectivity index (χ2v) is 5.30. The third kappa shape index (κ3) is 3.68. The molecule has 1 aliphatic heterocycles. The molecule has 0 atom stereocenters. The van der Waals surface area contributed by atoms with Crippen LogP contribution in [0, 0.1) is 5.82 Å². The maximum absolute atomic E-state index is 13.0. The van der Waals surface area contributed by atoms with E-state index in [9.17, 15) is 4.39 Å². The summed E-state index contributed by atoms with van der Waals surface area (Å²) in [6.07, 6.45) is 6.12. The third-order valence-electron chi connectivity index (χ3n) is 3.82. The molecule has 2 aromatic rings. The molecule has 0 aliphatic carbocycles. The van der Waals surface area contributed by atoms with Gasteiger partial charge in [-0.2, -0.15) is 0 Å². The highest BCUT2D eigenvalue weighted by atomic mass is 19.1. The molecule has 3 rings (SSSR count). The number of nitrogens with one attached hydrogen (secondary N) is 1. The van der Waals surface area contributed by atoms with Crippen LogP contribution in [0.3, 0.4) is 0 Å². The first kappa shape index (κ1) is 14.2. The Labute approximate surface area is 124 Å². The molecule has 0 saturated carbocycles. The van der Waals surface area contributed by atoms with Gasteiger partial charge >= 0.3 is 0 Å². The lowest BCUT2D eigenvalue weighted by Crippen LogP contribution is -2.33. The van der Waals surface area contributed by atoms with Gasteiger partial charge in [0.05, 0.1) is 30.9 Å². The number of nitrogens with zero attached hydrogens (tertiary/aromatic N) is 2. The van der Waals surface area contributed by atoms with Crippen molar-refractivity contribution in [3.05, 3.63) is 42.6 Å². The second-order valence-electron chi connectivity index (χ2n) is 5.30. The Hall–Kier alpha value is -1.72. The van der Waals surface area contributed by atoms with Crippen molar-refractivity contribution in [2.45, 2.75) is 25.5 Å². The number of piperidine rings is 1. The van der Waals surface area contributed by atoms with Crippen LogP contribution in [0.5, 0.6) is 0 Å². The lowest BCUT2D eigenvalue weighted by molar-refractivity contribution is 0.0286. The molecule has 5 heteroatoms. The minimum absolute atomic E-state index is 0.223. The van der Waals surface area contributed by atoms with Gasteiger partial charge in [-0.15, -0.1) is 0 Å². The Morgan fingerprint density at radius 1 is 1.24 bits per heavy atom. The van der Waals surface area contributed by atoms with Crippen molar-refractivity contribution in [2.24, 2.45) is 0 Å². The molecule has 4 nitrogen and oxygen atoms in total. The molecular formula is C16H20FN3O. The summed E-state index contributed by atoms with van der Waals surface area (Å²) in [6, 6.07) is 6.49. The van der Waals surface area contributed by atoms with Gasteiger partial charge in [0.2, 0.25) is 0 Å². The molecule has 1 fully saturated rings. The standard InChI is InChI=1S/C16H20FN3O/c17-14-3-1-13(2-4-14)16-11-19-12-20(16)9-10-21-15-5-7-18-8-6-15/h1-4,11-12,15,18H,5-10H2. The van der Waals surface area contributed by atoms with Crippen molar-refractivity contribution in [2.75, 3.05) is 19.7 Å². The summed E-state index contributed by atoms with van der Waals surface area (Å²) in [5, 5.41) is 3.33. The highest BCUT2D eigenvalue weighted by molar-refractivity contribution is 5.58. The number of rotatable bonds is 5. The van der Waals surface area contributed by atoms with Crippen LogP contribution in [0.15, 0.2) is 36.8 Å². The Kier molecular flexibility index (Phi) is 4.62. The minimum atomic E-state index is -0.223. The van der Waals surface area contributed by atoms with Crippen LogP contribution < -0.4 is 5.32 Å². The number of imidazole rings is 1. The summed E-state index contributed by atoms with van der Waals surface area (Å²) in [5.74, 6) is -0.223. The number of benzene rings is 1. The third-order valence-corrected chi connectivity index (χ3v) is 3.82. The van der Waals surface area contributed by atoms with Crippen molar-refractivity contribution in [3.63, 3.8) is 0 Å². The van der Waals surface area contributed by atoms with Gasteiger partial charge in [-0.25, -0.2) is 9.37 Å². The van der Waals surface area contributed by atoms with Crippen LogP contribution in [-0.2, 0) is 11.3 Å². The average Bonchev–Trinajstić information content (AvgIpc) is 2.98. The molecule has 1 aromatic heterocycles. The maximum Gasteiger partial charge on any atom is 0.123 e. The smallest absolute Gasteiger partial charge is 0.123 e. The van der Waals surface area contributed by atoms with Crippen LogP contribution in [0.1, 0.15) is 12.8 Å². The average molecular weight is 289 g/mol. The van der Waals surface area contributed by atoms with E-state index in [1.807, 2.05) is 4.57 Å². The fraction of sp³-hybridized carbons (Fsp3) is 0.438. The van der Waals surface area contributed by atoms with Gasteiger partial charge in [0.25, 0.3) is 0 Å². The normalized spacial score (nSPS) is 16.2. The van der Waals surface area contributed by atoms with Gasteiger partial charge in [-0.05, 0) is 55.8 Å². The highest BCUT2D eigenvalue weighted by Crippen LogP contribution is 2.19. The first-order valence-corrected chi connectivity index (χ1v) is 7.41. The van der Waals surface area contributed by atoms with Crippen LogP contribution in [-0.4, -0.2) is 35.4 Å². The SMILES string of the molecule is Fc1ccc(-c2cncn2CCOC2CCNCC2)cc1. The lowest BCUT2D eigenvalue weighted by atomic mass is 10.1. The predicted octanol–water partition coefficient (Wildman–Crippen LogP) is 2.46. The van der Waals surface area contributed by atoms with Crippen molar-refractivity contribution in [3.8, 4) is 11.3 Å². The van der Waals surface area contributed by atoms with Gasteiger partial charge in [0.15, 0.2) is 0 Å². The quantitative estimate of drug-likeness (QED) is 0.919. The largest absolute Gasteiger partial charge is 0.376 e. The summed E-state index contributed by atoms with van der Waals surface area (Å²) in [4.78, 5) is 4.19. The second kappa shape index (κ2) is 6.83. The van der Waals surface area contributed by atoms with E-state index in [0.29, 0.717) is 12.7 Å². The van der Waals surface area contributed by atoms with Crippen molar-refractivity contribution in [1.29, 1.82) is 0 Å². The van der Waals surface area contributed by atoms with Gasteiger partial charge < -0.3 is 14.6 Å². The molecule has 1 saturated heterocycles. The zero-order valence-electron chi connectivity index (χ0n) is 12.0. The highest BCUT2D eigenvalue weighted by Gasteiger charge is 2.13. The van der Waals surface area contributed by atoms with Gasteiger partial charge in [-0.1, -0.05) is 0 Å². The van der Waals surface area contributed by atoms with E-state index < -0.39 is 0 Å². The Morgan fingerprint density at radius 2 is 2.00 bits per heavy atom. The fourth-order valence-corrected chi connectivity index (χ4v) is 2.64. The minimum Gasteiger partial charge on any atom is -0.376 e. The van der Waals surface area contributed by atoms with Crippen LogP contribution >= 0.6 is 0 Å². The molecule has 21 heavy (non-hydrogen) atoms. The van der Waals surface area contributed by atoms with E-state index in [1.54, 1.807) is 24.7 Å². The number of hydrogen-bond acceptors (Lipinski definition) is 3. The number of ether oxygens (including phenoxy) is 1. The molecule has 0 unspecified atom stereocenters. The van der Waals surface area contributed by atoms with Crippen molar-refractivity contribution in [1.82, 2.24) is 14.9 Å². The molecule has 2 heterocycles. The van der Waals surface area contributed by atoms with Gasteiger partial charge in [0, 0.05) is 6.54 Å². The Morgan fingerprint density at radius 3 is 2.76 bits per heavy atom. The topological polar surface area (TPSA) is 39.1 Å². The zero-order valence-corrected chi connectivity index (χ0v) is 12.0. The van der Waals surface area contributed by atoms with Crippen molar-refractivity contribution >= 4 is 0 Å². The molecule has 1 aliphatic rings. The summed E-state index contributed by atoms with van der Waals surface area (Å²) < 4.78 is 21.0. The molecule has 0 radical (unpaired) electrons. The van der Waals surface area contributed by atoms with E-state index in [0.717, 1.165) is 43.7 Å². The first-order chi connectivity index (χ1) is 10.3. The zero-order chi connectivity index (χ0) is 14.5. The molecule has 1 N–H and O–H groups in total. The van der Waals surface area contributed by atoms with Crippen LogP contribution in [0.25, 0.3) is 11.3 Å². The first-order valence-electron chi connectivity index (χ1n) is 7.41. The van der Waals surface area contributed by atoms with E-state index in [4.69, 9.17) is 4.74 Å². The summed E-state index contributed by atoms with van der Waals surface area (Å²) in [5.41, 5.74) is 1.96. The predicted molar refractivity (Wildman–Crippen MR) is 79.5 cm³/mol. The Bertz CT molecular complexity index is 561. The number of halogens is 1. The molecule has 0 bridgehead atoms. The molecule has 1 aromatic carbocycles. The molecule has 112 valence electrons. The maximum atomic E-state index is 13.0. The van der Waals surface area contributed by atoms with Crippen LogP contribution in [0.2, 0.25) is 0 Å². The summed E-state index contributed by atoms with van der Waals surface area (Å²) >= 11 is 0. The van der Waals surface area contributed by atoms with Crippen LogP contribution in [0.4, 0.5) is 4.39 Å². The number of aromatic nitrogens is 2. The fourth-order valence-electron chi connectivity index (χ4n) is 2.64. The van der Waals surface area contributed by atoms with Crippen molar-refractivity contribution < 1.29 is 9.13 Å². The number of hydrogen-bond donors (Lipinski definition) is 1. The molecule has 0 amide bonds. The van der Waals surface area contributed by atoms with E-state index in [1.165, 1.54) is 12.1 Å². The lowest BCUT2D eigenvalue weighted by Gasteiger charge is -2.23. The monoisotopic (exact) mass is 289 g/mol. The Balaban J connectivity index is 1.59. The summed E-state index contributed by atoms with van der Waals surface area (Å²) in [7, 11) is 0. The van der Waals surface area contributed by atoms with E-state index >= 15 is 0 Å².